The molecule has 1 amide bonds. The van der Waals surface area contributed by atoms with Crippen LogP contribution in [0.1, 0.15) is 25.7 Å². The number of nitrogens with one attached hydrogen (secondary N) is 1. The fraction of sp³-hybridized carbons (Fsp3) is 0.929. The average Bonchev–Trinajstić information content (AvgIpc) is 2.46. The minimum atomic E-state index is -2.47. The highest BCUT2D eigenvalue weighted by molar-refractivity contribution is 5.78. The maximum Gasteiger partial charge on any atom is 0.255 e. The summed E-state index contributed by atoms with van der Waals surface area (Å²) >= 11 is 0. The van der Waals surface area contributed by atoms with Crippen LogP contribution in [0.4, 0.5) is 8.78 Å². The Labute approximate surface area is 118 Å². The van der Waals surface area contributed by atoms with Crippen molar-refractivity contribution in [2.45, 2.75) is 32.1 Å². The summed E-state index contributed by atoms with van der Waals surface area (Å²) in [6.07, 6.45) is 1.57. The van der Waals surface area contributed by atoms with Gasteiger partial charge in [0, 0.05) is 19.7 Å². The van der Waals surface area contributed by atoms with Gasteiger partial charge in [0.05, 0.1) is 19.1 Å². The number of ether oxygens (including phenoxy) is 1. The van der Waals surface area contributed by atoms with Gasteiger partial charge in [0.25, 0.3) is 6.43 Å². The predicted molar refractivity (Wildman–Crippen MR) is 71.7 cm³/mol. The highest BCUT2D eigenvalue weighted by Crippen LogP contribution is 2.21. The molecule has 2 rings (SSSR count). The van der Waals surface area contributed by atoms with Gasteiger partial charge in [0.15, 0.2) is 0 Å². The van der Waals surface area contributed by atoms with Gasteiger partial charge in [-0.3, -0.25) is 4.79 Å². The summed E-state index contributed by atoms with van der Waals surface area (Å²) in [5.41, 5.74) is 0. The van der Waals surface area contributed by atoms with Gasteiger partial charge in [-0.1, -0.05) is 0 Å². The summed E-state index contributed by atoms with van der Waals surface area (Å²) in [5.74, 6) is 0.175. The number of amides is 1. The average molecular weight is 290 g/mol. The van der Waals surface area contributed by atoms with Gasteiger partial charge in [-0.2, -0.15) is 0 Å². The van der Waals surface area contributed by atoms with Crippen LogP contribution >= 0.6 is 0 Å². The lowest BCUT2D eigenvalue weighted by Gasteiger charge is -2.35. The topological polar surface area (TPSA) is 41.6 Å². The molecule has 0 radical (unpaired) electrons. The molecule has 0 aromatic rings. The van der Waals surface area contributed by atoms with E-state index in [-0.39, 0.29) is 11.8 Å². The smallest absolute Gasteiger partial charge is 0.255 e. The van der Waals surface area contributed by atoms with Crippen LogP contribution in [-0.4, -0.2) is 56.6 Å². The van der Waals surface area contributed by atoms with E-state index >= 15 is 0 Å². The molecule has 0 aliphatic carbocycles. The zero-order valence-corrected chi connectivity index (χ0v) is 11.8. The molecule has 0 aromatic heterocycles. The van der Waals surface area contributed by atoms with Crippen LogP contribution in [0.5, 0.6) is 0 Å². The van der Waals surface area contributed by atoms with Crippen molar-refractivity contribution in [3.05, 3.63) is 0 Å². The largest absolute Gasteiger partial charge is 0.381 e. The molecule has 2 aliphatic rings. The molecule has 2 aliphatic heterocycles. The van der Waals surface area contributed by atoms with Crippen molar-refractivity contribution >= 4 is 5.91 Å². The Hall–Kier alpha value is -0.750. The van der Waals surface area contributed by atoms with Crippen molar-refractivity contribution in [3.63, 3.8) is 0 Å². The van der Waals surface area contributed by atoms with Crippen LogP contribution in [0, 0.1) is 11.8 Å². The summed E-state index contributed by atoms with van der Waals surface area (Å²) in [7, 11) is 0. The number of hydrogen-bond donors (Lipinski definition) is 1. The van der Waals surface area contributed by atoms with Crippen LogP contribution in [0.3, 0.4) is 0 Å². The maximum absolute atomic E-state index is 12.1. The van der Waals surface area contributed by atoms with Crippen LogP contribution in [-0.2, 0) is 9.53 Å². The number of hydrogen-bond acceptors (Lipinski definition) is 3. The SMILES string of the molecule is O=C(NCC(F)F)C1CCCN(CC2CCCOC2)C1. The molecular formula is C14H24F2N2O2. The second-order valence-corrected chi connectivity index (χ2v) is 5.82. The third-order valence-electron chi connectivity index (χ3n) is 4.08. The Morgan fingerprint density at radius 1 is 1.35 bits per heavy atom. The first kappa shape index (κ1) is 15.6. The summed E-state index contributed by atoms with van der Waals surface area (Å²) in [6, 6.07) is 0. The number of alkyl halides is 2. The van der Waals surface area contributed by atoms with Crippen molar-refractivity contribution in [1.82, 2.24) is 10.2 Å². The molecule has 0 saturated carbocycles. The van der Waals surface area contributed by atoms with Crippen molar-refractivity contribution < 1.29 is 18.3 Å². The van der Waals surface area contributed by atoms with Crippen LogP contribution in [0.15, 0.2) is 0 Å². The van der Waals surface area contributed by atoms with E-state index in [9.17, 15) is 13.6 Å². The number of carbonyl (C=O) groups is 1. The van der Waals surface area contributed by atoms with E-state index in [1.807, 2.05) is 0 Å². The van der Waals surface area contributed by atoms with Gasteiger partial charge in [0.1, 0.15) is 0 Å². The summed E-state index contributed by atoms with van der Waals surface area (Å²) in [5, 5.41) is 2.34. The van der Waals surface area contributed by atoms with Crippen LogP contribution in [0.2, 0.25) is 0 Å². The maximum atomic E-state index is 12.1. The van der Waals surface area contributed by atoms with E-state index in [0.717, 1.165) is 45.6 Å². The third kappa shape index (κ3) is 4.98. The molecule has 4 nitrogen and oxygen atoms in total. The molecule has 2 saturated heterocycles. The highest BCUT2D eigenvalue weighted by atomic mass is 19.3. The van der Waals surface area contributed by atoms with Crippen molar-refractivity contribution in [3.8, 4) is 0 Å². The number of rotatable bonds is 5. The molecule has 0 aromatic carbocycles. The fourth-order valence-corrected chi connectivity index (χ4v) is 3.07. The zero-order chi connectivity index (χ0) is 14.4. The van der Waals surface area contributed by atoms with Crippen LogP contribution < -0.4 is 5.32 Å². The van der Waals surface area contributed by atoms with Crippen LogP contribution in [0.25, 0.3) is 0 Å². The molecule has 1 N–H and O–H groups in total. The van der Waals surface area contributed by atoms with Gasteiger partial charge in [-0.15, -0.1) is 0 Å². The number of likely N-dealkylation sites (tertiary alicyclic amines) is 1. The summed E-state index contributed by atoms with van der Waals surface area (Å²) in [6.45, 7) is 3.76. The van der Waals surface area contributed by atoms with E-state index in [1.165, 1.54) is 6.42 Å². The molecule has 0 spiro atoms. The minimum Gasteiger partial charge on any atom is -0.381 e. The van der Waals surface area contributed by atoms with Crippen molar-refractivity contribution in [2.24, 2.45) is 11.8 Å². The van der Waals surface area contributed by atoms with Gasteiger partial charge >= 0.3 is 0 Å². The Morgan fingerprint density at radius 2 is 2.20 bits per heavy atom. The van der Waals surface area contributed by atoms with E-state index in [2.05, 4.69) is 10.2 Å². The number of halogens is 2. The molecule has 20 heavy (non-hydrogen) atoms. The van der Waals surface area contributed by atoms with E-state index in [1.54, 1.807) is 0 Å². The van der Waals surface area contributed by atoms with Gasteiger partial charge < -0.3 is 15.0 Å². The number of nitrogens with zero attached hydrogens (tertiary/aromatic N) is 1. The Kier molecular flexibility index (Phi) is 6.16. The molecule has 0 bridgehead atoms. The lowest BCUT2D eigenvalue weighted by atomic mass is 9.94. The quantitative estimate of drug-likeness (QED) is 0.834. The molecular weight excluding hydrogens is 266 g/mol. The first-order valence-corrected chi connectivity index (χ1v) is 7.51. The molecule has 116 valence electrons. The minimum absolute atomic E-state index is 0.146. The lowest BCUT2D eigenvalue weighted by Crippen LogP contribution is -2.46. The monoisotopic (exact) mass is 290 g/mol. The van der Waals surface area contributed by atoms with Gasteiger partial charge in [0.2, 0.25) is 5.91 Å². The standard InChI is InChI=1S/C14H24F2N2O2/c15-13(16)7-17-14(19)12-4-1-5-18(9-12)8-11-3-2-6-20-10-11/h11-13H,1-10H2,(H,17,19). The normalized spacial score (nSPS) is 28.6. The van der Waals surface area contributed by atoms with E-state index in [4.69, 9.17) is 4.74 Å². The molecule has 6 heteroatoms. The Balaban J connectivity index is 1.74. The number of piperidine rings is 1. The van der Waals surface area contributed by atoms with Crippen molar-refractivity contribution in [1.29, 1.82) is 0 Å². The molecule has 2 heterocycles. The fourth-order valence-electron chi connectivity index (χ4n) is 3.07. The summed E-state index contributed by atoms with van der Waals surface area (Å²) in [4.78, 5) is 14.1. The lowest BCUT2D eigenvalue weighted by molar-refractivity contribution is -0.127. The van der Waals surface area contributed by atoms with Crippen molar-refractivity contribution in [2.75, 3.05) is 39.4 Å². The molecule has 2 fully saturated rings. The van der Waals surface area contributed by atoms with E-state index < -0.39 is 13.0 Å². The number of carbonyl (C=O) groups excluding carboxylic acids is 1. The Morgan fingerprint density at radius 3 is 2.90 bits per heavy atom. The van der Waals surface area contributed by atoms with E-state index in [0.29, 0.717) is 12.5 Å². The highest BCUT2D eigenvalue weighted by Gasteiger charge is 2.27. The Bertz CT molecular complexity index is 310. The van der Waals surface area contributed by atoms with Gasteiger partial charge in [-0.05, 0) is 38.1 Å². The molecule has 2 atom stereocenters. The third-order valence-corrected chi connectivity index (χ3v) is 4.08. The van der Waals surface area contributed by atoms with Gasteiger partial charge in [-0.25, -0.2) is 8.78 Å². The predicted octanol–water partition coefficient (Wildman–Crippen LogP) is 1.51. The zero-order valence-electron chi connectivity index (χ0n) is 11.8. The summed E-state index contributed by atoms with van der Waals surface area (Å²) < 4.78 is 29.7. The second kappa shape index (κ2) is 7.88. The first-order valence-electron chi connectivity index (χ1n) is 7.51. The molecule has 2 unspecified atom stereocenters. The first-order chi connectivity index (χ1) is 9.65. The second-order valence-electron chi connectivity index (χ2n) is 5.82.